The Labute approximate surface area is 170 Å². The highest BCUT2D eigenvalue weighted by molar-refractivity contribution is 7.18. The van der Waals surface area contributed by atoms with Crippen molar-refractivity contribution in [3.05, 3.63) is 16.0 Å². The van der Waals surface area contributed by atoms with E-state index < -0.39 is 5.97 Å². The van der Waals surface area contributed by atoms with Crippen molar-refractivity contribution in [2.24, 2.45) is 0 Å². The number of thiophene rings is 1. The van der Waals surface area contributed by atoms with Gasteiger partial charge in [-0.3, -0.25) is 14.5 Å². The van der Waals surface area contributed by atoms with Crippen LogP contribution in [-0.2, 0) is 9.53 Å². The van der Waals surface area contributed by atoms with Gasteiger partial charge in [0.2, 0.25) is 5.91 Å². The first kappa shape index (κ1) is 22.3. The number of anilines is 1. The van der Waals surface area contributed by atoms with E-state index in [0.717, 1.165) is 50.5 Å². The largest absolute Gasteiger partial charge is 0.465 e. The number of nitrogens with one attached hydrogen (secondary N) is 1. The van der Waals surface area contributed by atoms with Crippen molar-refractivity contribution in [2.45, 2.75) is 20.3 Å². The third kappa shape index (κ3) is 5.30. The minimum atomic E-state index is -0.560. The van der Waals surface area contributed by atoms with Crippen LogP contribution in [-0.4, -0.2) is 93.0 Å². The number of piperazine rings is 1. The van der Waals surface area contributed by atoms with Crippen LogP contribution in [0.4, 0.5) is 5.00 Å². The molecule has 9 heteroatoms. The van der Waals surface area contributed by atoms with Crippen molar-refractivity contribution in [3.8, 4) is 0 Å². The van der Waals surface area contributed by atoms with Gasteiger partial charge in [0.1, 0.15) is 5.00 Å². The van der Waals surface area contributed by atoms with Crippen LogP contribution in [0.3, 0.4) is 0 Å². The van der Waals surface area contributed by atoms with Crippen LogP contribution in [0, 0.1) is 6.92 Å². The molecule has 0 unspecified atom stereocenters. The molecule has 2 amide bonds. The van der Waals surface area contributed by atoms with Gasteiger partial charge in [-0.25, -0.2) is 4.79 Å². The fraction of sp³-hybridized carbons (Fsp3) is 0.632. The Kier molecular flexibility index (Phi) is 7.97. The maximum absolute atomic E-state index is 12.6. The lowest BCUT2D eigenvalue weighted by Crippen LogP contribution is -2.48. The van der Waals surface area contributed by atoms with Gasteiger partial charge in [0, 0.05) is 40.3 Å². The third-order valence-corrected chi connectivity index (χ3v) is 5.96. The van der Waals surface area contributed by atoms with Crippen LogP contribution >= 0.6 is 11.3 Å². The quantitative estimate of drug-likeness (QED) is 0.686. The molecule has 1 fully saturated rings. The second kappa shape index (κ2) is 9.99. The molecule has 0 spiro atoms. The average Bonchev–Trinajstić information content (AvgIpc) is 2.97. The first-order chi connectivity index (χ1) is 13.3. The topological polar surface area (TPSA) is 82.2 Å². The Bertz CT molecular complexity index is 724. The van der Waals surface area contributed by atoms with E-state index in [2.05, 4.69) is 22.0 Å². The number of hydrogen-bond acceptors (Lipinski definition) is 7. The summed E-state index contributed by atoms with van der Waals surface area (Å²) < 4.78 is 4.85. The van der Waals surface area contributed by atoms with Gasteiger partial charge in [-0.05, 0) is 25.5 Å². The van der Waals surface area contributed by atoms with Crippen LogP contribution in [0.25, 0.3) is 0 Å². The lowest BCUT2D eigenvalue weighted by Gasteiger charge is -2.34. The maximum Gasteiger partial charge on any atom is 0.341 e. The minimum Gasteiger partial charge on any atom is -0.465 e. The predicted molar refractivity (Wildman–Crippen MR) is 110 cm³/mol. The monoisotopic (exact) mass is 410 g/mol. The molecule has 8 nitrogen and oxygen atoms in total. The fourth-order valence-electron chi connectivity index (χ4n) is 3.21. The molecule has 0 radical (unpaired) electrons. The van der Waals surface area contributed by atoms with Crippen molar-refractivity contribution in [2.75, 3.05) is 65.8 Å². The van der Waals surface area contributed by atoms with Crippen molar-refractivity contribution in [1.29, 1.82) is 0 Å². The average molecular weight is 411 g/mol. The summed E-state index contributed by atoms with van der Waals surface area (Å²) in [6.45, 7) is 8.78. The highest BCUT2D eigenvalue weighted by Gasteiger charge is 2.27. The van der Waals surface area contributed by atoms with Crippen LogP contribution in [0.2, 0.25) is 0 Å². The molecule has 0 aliphatic carbocycles. The second-order valence-corrected chi connectivity index (χ2v) is 8.14. The molecule has 156 valence electrons. The Balaban J connectivity index is 2.10. The SMILES string of the molecule is CCCN1CCN(CC(=O)Nc2sc(C(=O)N(C)C)c(C)c2C(=O)OC)CC1. The van der Waals surface area contributed by atoms with Gasteiger partial charge >= 0.3 is 5.97 Å². The smallest absolute Gasteiger partial charge is 0.341 e. The molecule has 1 N–H and O–H groups in total. The Hall–Kier alpha value is -1.97. The van der Waals surface area contributed by atoms with E-state index in [4.69, 9.17) is 4.74 Å². The first-order valence-electron chi connectivity index (χ1n) is 9.46. The maximum atomic E-state index is 12.6. The Morgan fingerprint density at radius 2 is 1.75 bits per heavy atom. The molecule has 1 aromatic heterocycles. The van der Waals surface area contributed by atoms with E-state index in [1.54, 1.807) is 21.0 Å². The predicted octanol–water partition coefficient (Wildman–Crippen LogP) is 1.51. The number of nitrogens with zero attached hydrogens (tertiary/aromatic N) is 3. The van der Waals surface area contributed by atoms with E-state index in [1.807, 2.05) is 0 Å². The number of amides is 2. The molecular weight excluding hydrogens is 380 g/mol. The summed E-state index contributed by atoms with van der Waals surface area (Å²) in [7, 11) is 4.58. The van der Waals surface area contributed by atoms with Crippen LogP contribution < -0.4 is 5.32 Å². The van der Waals surface area contributed by atoms with Crippen LogP contribution in [0.15, 0.2) is 0 Å². The van der Waals surface area contributed by atoms with Gasteiger partial charge in [0.05, 0.1) is 24.1 Å². The fourth-order valence-corrected chi connectivity index (χ4v) is 4.45. The standard InChI is InChI=1S/C19H30N4O4S/c1-6-7-22-8-10-23(11-9-22)12-14(24)20-17-15(19(26)27-5)13(2)16(28-17)18(25)21(3)4/h6-12H2,1-5H3,(H,20,24). The summed E-state index contributed by atoms with van der Waals surface area (Å²) in [5, 5.41) is 3.18. The van der Waals surface area contributed by atoms with Gasteiger partial charge in [0.15, 0.2) is 0 Å². The molecule has 1 aromatic rings. The van der Waals surface area contributed by atoms with Gasteiger partial charge in [-0.2, -0.15) is 0 Å². The number of esters is 1. The van der Waals surface area contributed by atoms with Gasteiger partial charge in [-0.15, -0.1) is 11.3 Å². The number of hydrogen-bond donors (Lipinski definition) is 1. The number of carbonyl (C=O) groups is 3. The zero-order valence-electron chi connectivity index (χ0n) is 17.3. The zero-order valence-corrected chi connectivity index (χ0v) is 18.1. The Morgan fingerprint density at radius 3 is 2.29 bits per heavy atom. The number of methoxy groups -OCH3 is 1. The molecule has 2 heterocycles. The lowest BCUT2D eigenvalue weighted by molar-refractivity contribution is -0.117. The van der Waals surface area contributed by atoms with E-state index >= 15 is 0 Å². The van der Waals surface area contributed by atoms with E-state index in [1.165, 1.54) is 12.0 Å². The molecular formula is C19H30N4O4S. The van der Waals surface area contributed by atoms with Crippen LogP contribution in [0.1, 0.15) is 38.9 Å². The van der Waals surface area contributed by atoms with Crippen LogP contribution in [0.5, 0.6) is 0 Å². The molecule has 1 aliphatic heterocycles. The lowest BCUT2D eigenvalue weighted by atomic mass is 10.1. The summed E-state index contributed by atoms with van der Waals surface area (Å²) >= 11 is 1.11. The zero-order chi connectivity index (χ0) is 20.8. The normalized spacial score (nSPS) is 15.3. The molecule has 0 saturated carbocycles. The second-order valence-electron chi connectivity index (χ2n) is 7.12. The summed E-state index contributed by atoms with van der Waals surface area (Å²) in [4.78, 5) is 43.5. The van der Waals surface area contributed by atoms with Crippen molar-refractivity contribution >= 4 is 34.1 Å². The first-order valence-corrected chi connectivity index (χ1v) is 10.3. The molecule has 28 heavy (non-hydrogen) atoms. The highest BCUT2D eigenvalue weighted by Crippen LogP contribution is 2.34. The summed E-state index contributed by atoms with van der Waals surface area (Å²) in [5.74, 6) is -0.963. The summed E-state index contributed by atoms with van der Waals surface area (Å²) in [5.41, 5.74) is 0.776. The van der Waals surface area contributed by atoms with Gasteiger partial charge in [-0.1, -0.05) is 6.92 Å². The van der Waals surface area contributed by atoms with Gasteiger partial charge in [0.25, 0.3) is 5.91 Å². The van der Waals surface area contributed by atoms with Crippen molar-refractivity contribution in [1.82, 2.24) is 14.7 Å². The number of ether oxygens (including phenoxy) is 1. The van der Waals surface area contributed by atoms with E-state index in [9.17, 15) is 14.4 Å². The molecule has 1 aliphatic rings. The summed E-state index contributed by atoms with van der Waals surface area (Å²) in [6, 6.07) is 0. The Morgan fingerprint density at radius 1 is 1.14 bits per heavy atom. The number of rotatable bonds is 7. The highest BCUT2D eigenvalue weighted by atomic mass is 32.1. The molecule has 0 atom stereocenters. The molecule has 2 rings (SSSR count). The van der Waals surface area contributed by atoms with E-state index in [-0.39, 0.29) is 23.9 Å². The van der Waals surface area contributed by atoms with E-state index in [0.29, 0.717) is 15.4 Å². The van der Waals surface area contributed by atoms with Gasteiger partial charge < -0.3 is 19.9 Å². The van der Waals surface area contributed by atoms with Crippen molar-refractivity contribution < 1.29 is 19.1 Å². The minimum absolute atomic E-state index is 0.195. The third-order valence-electron chi connectivity index (χ3n) is 4.76. The molecule has 0 bridgehead atoms. The molecule has 1 saturated heterocycles. The van der Waals surface area contributed by atoms with Crippen molar-refractivity contribution in [3.63, 3.8) is 0 Å². The summed E-state index contributed by atoms with van der Waals surface area (Å²) in [6.07, 6.45) is 1.13. The number of carbonyl (C=O) groups excluding carboxylic acids is 3. The molecule has 0 aromatic carbocycles.